The van der Waals surface area contributed by atoms with Crippen LogP contribution in [-0.4, -0.2) is 31.2 Å². The van der Waals surface area contributed by atoms with E-state index >= 15 is 0 Å². The van der Waals surface area contributed by atoms with Crippen molar-refractivity contribution < 1.29 is 4.74 Å². The monoisotopic (exact) mass is 217 g/mol. The molecule has 0 aromatic heterocycles. The van der Waals surface area contributed by atoms with Crippen molar-refractivity contribution in [3.8, 4) is 0 Å². The molecule has 1 fully saturated rings. The maximum Gasteiger partial charge on any atom is 0.0642 e. The Morgan fingerprint density at radius 3 is 2.44 bits per heavy atom. The van der Waals surface area contributed by atoms with Crippen LogP contribution in [0, 0.1) is 6.92 Å². The molecule has 1 aliphatic heterocycles. The van der Waals surface area contributed by atoms with Gasteiger partial charge in [0.15, 0.2) is 0 Å². The van der Waals surface area contributed by atoms with Gasteiger partial charge < -0.3 is 9.64 Å². The van der Waals surface area contributed by atoms with Crippen molar-refractivity contribution in [1.82, 2.24) is 4.90 Å². The predicted molar refractivity (Wildman–Crippen MR) is 67.2 cm³/mol. The smallest absolute Gasteiger partial charge is 0.0642 e. The van der Waals surface area contributed by atoms with Crippen LogP contribution in [0.5, 0.6) is 0 Å². The quantitative estimate of drug-likeness (QED) is 0.755. The highest BCUT2D eigenvalue weighted by Gasteiger charge is 2.09. The van der Waals surface area contributed by atoms with E-state index < -0.39 is 0 Å². The van der Waals surface area contributed by atoms with Gasteiger partial charge in [0.05, 0.1) is 13.2 Å². The summed E-state index contributed by atoms with van der Waals surface area (Å²) in [5.74, 6) is 0. The van der Waals surface area contributed by atoms with Gasteiger partial charge in [-0.05, 0) is 25.5 Å². The number of morpholine rings is 1. The molecule has 0 saturated carbocycles. The van der Waals surface area contributed by atoms with E-state index in [-0.39, 0.29) is 0 Å². The van der Waals surface area contributed by atoms with Gasteiger partial charge in [0.25, 0.3) is 0 Å². The van der Waals surface area contributed by atoms with Gasteiger partial charge in [0.1, 0.15) is 0 Å². The van der Waals surface area contributed by atoms with Crippen molar-refractivity contribution in [2.45, 2.75) is 13.8 Å². The molecule has 1 aromatic carbocycles. The lowest BCUT2D eigenvalue weighted by Gasteiger charge is -2.29. The van der Waals surface area contributed by atoms with Gasteiger partial charge in [0.2, 0.25) is 0 Å². The second-order valence-corrected chi connectivity index (χ2v) is 4.30. The Balaban J connectivity index is 2.07. The number of ether oxygens (including phenoxy) is 1. The first-order valence-corrected chi connectivity index (χ1v) is 5.83. The number of rotatable bonds is 2. The van der Waals surface area contributed by atoms with Crippen LogP contribution in [0.15, 0.2) is 30.0 Å². The summed E-state index contributed by atoms with van der Waals surface area (Å²) in [6.45, 7) is 7.99. The fourth-order valence-electron chi connectivity index (χ4n) is 1.91. The van der Waals surface area contributed by atoms with Crippen LogP contribution in [0.25, 0.3) is 6.08 Å². The maximum absolute atomic E-state index is 5.35. The minimum absolute atomic E-state index is 0.846. The van der Waals surface area contributed by atoms with Crippen molar-refractivity contribution in [3.63, 3.8) is 0 Å². The van der Waals surface area contributed by atoms with Gasteiger partial charge >= 0.3 is 0 Å². The highest BCUT2D eigenvalue weighted by atomic mass is 16.5. The zero-order chi connectivity index (χ0) is 11.4. The fourth-order valence-corrected chi connectivity index (χ4v) is 1.91. The first kappa shape index (κ1) is 11.2. The van der Waals surface area contributed by atoms with Gasteiger partial charge in [-0.1, -0.05) is 29.8 Å². The summed E-state index contributed by atoms with van der Waals surface area (Å²) in [7, 11) is 0. The molecule has 1 aromatic rings. The Morgan fingerprint density at radius 1 is 1.19 bits per heavy atom. The lowest BCUT2D eigenvalue weighted by molar-refractivity contribution is 0.0542. The van der Waals surface area contributed by atoms with Gasteiger partial charge in [-0.2, -0.15) is 0 Å². The average molecular weight is 217 g/mol. The first-order chi connectivity index (χ1) is 7.75. The van der Waals surface area contributed by atoms with E-state index in [9.17, 15) is 0 Å². The van der Waals surface area contributed by atoms with E-state index in [4.69, 9.17) is 4.74 Å². The predicted octanol–water partition coefficient (Wildman–Crippen LogP) is 2.69. The van der Waals surface area contributed by atoms with E-state index in [1.54, 1.807) is 0 Å². The van der Waals surface area contributed by atoms with Gasteiger partial charge in [-0.3, -0.25) is 0 Å². The minimum Gasteiger partial charge on any atom is -0.378 e. The zero-order valence-electron chi connectivity index (χ0n) is 10.1. The summed E-state index contributed by atoms with van der Waals surface area (Å²) in [5.41, 5.74) is 3.91. The van der Waals surface area contributed by atoms with Crippen LogP contribution >= 0.6 is 0 Å². The third kappa shape index (κ3) is 2.86. The zero-order valence-corrected chi connectivity index (χ0v) is 10.1. The van der Waals surface area contributed by atoms with Crippen LogP contribution < -0.4 is 0 Å². The van der Waals surface area contributed by atoms with E-state index in [0.29, 0.717) is 0 Å². The Morgan fingerprint density at radius 2 is 1.81 bits per heavy atom. The van der Waals surface area contributed by atoms with Crippen molar-refractivity contribution in [1.29, 1.82) is 0 Å². The summed E-state index contributed by atoms with van der Waals surface area (Å²) in [5, 5.41) is 0. The van der Waals surface area contributed by atoms with Crippen LogP contribution in [0.2, 0.25) is 0 Å². The minimum atomic E-state index is 0.846. The molecule has 0 spiro atoms. The molecule has 0 bridgehead atoms. The van der Waals surface area contributed by atoms with E-state index in [1.165, 1.54) is 16.8 Å². The average Bonchev–Trinajstić information content (AvgIpc) is 2.33. The molecule has 1 heterocycles. The molecule has 2 rings (SSSR count). The van der Waals surface area contributed by atoms with E-state index in [2.05, 4.69) is 49.1 Å². The van der Waals surface area contributed by atoms with E-state index in [1.807, 2.05) is 0 Å². The highest BCUT2D eigenvalue weighted by Crippen LogP contribution is 2.12. The van der Waals surface area contributed by atoms with Crippen molar-refractivity contribution in [2.75, 3.05) is 26.3 Å². The van der Waals surface area contributed by atoms with E-state index in [0.717, 1.165) is 26.3 Å². The standard InChI is InChI=1S/C14H19NO/c1-12-3-5-14(6-4-12)11-13(2)15-7-9-16-10-8-15/h3-6,11H,7-10H2,1-2H3/b13-11-. The number of hydrogen-bond acceptors (Lipinski definition) is 2. The molecule has 0 atom stereocenters. The summed E-state index contributed by atoms with van der Waals surface area (Å²) in [6, 6.07) is 8.63. The molecule has 0 aliphatic carbocycles. The number of benzene rings is 1. The lowest BCUT2D eigenvalue weighted by Crippen LogP contribution is -2.34. The Kier molecular flexibility index (Phi) is 3.62. The van der Waals surface area contributed by atoms with Crippen LogP contribution in [0.1, 0.15) is 18.1 Å². The molecule has 2 heteroatoms. The van der Waals surface area contributed by atoms with Crippen LogP contribution in [0.4, 0.5) is 0 Å². The lowest BCUT2D eigenvalue weighted by atomic mass is 10.1. The summed E-state index contributed by atoms with van der Waals surface area (Å²) in [6.07, 6.45) is 2.24. The van der Waals surface area contributed by atoms with Gasteiger partial charge in [0, 0.05) is 18.8 Å². The maximum atomic E-state index is 5.35. The summed E-state index contributed by atoms with van der Waals surface area (Å²) >= 11 is 0. The Bertz CT molecular complexity index is 361. The third-order valence-electron chi connectivity index (χ3n) is 2.96. The molecule has 0 radical (unpaired) electrons. The van der Waals surface area contributed by atoms with Gasteiger partial charge in [-0.15, -0.1) is 0 Å². The molecular weight excluding hydrogens is 198 g/mol. The number of nitrogens with zero attached hydrogens (tertiary/aromatic N) is 1. The molecule has 1 aliphatic rings. The normalized spacial score (nSPS) is 17.6. The SMILES string of the molecule is C/C(=C/c1ccc(C)cc1)N1CCOCC1. The van der Waals surface area contributed by atoms with Crippen molar-refractivity contribution >= 4 is 6.08 Å². The number of allylic oxidation sites excluding steroid dienone is 1. The molecule has 0 N–H and O–H groups in total. The summed E-state index contributed by atoms with van der Waals surface area (Å²) in [4.78, 5) is 2.38. The highest BCUT2D eigenvalue weighted by molar-refractivity contribution is 5.52. The molecule has 0 amide bonds. The third-order valence-corrected chi connectivity index (χ3v) is 2.96. The second kappa shape index (κ2) is 5.17. The van der Waals surface area contributed by atoms with Crippen LogP contribution in [0.3, 0.4) is 0 Å². The van der Waals surface area contributed by atoms with Crippen molar-refractivity contribution in [2.24, 2.45) is 0 Å². The molecule has 86 valence electrons. The molecular formula is C14H19NO. The largest absolute Gasteiger partial charge is 0.378 e. The topological polar surface area (TPSA) is 12.5 Å². The summed E-state index contributed by atoms with van der Waals surface area (Å²) < 4.78 is 5.35. The molecule has 1 saturated heterocycles. The van der Waals surface area contributed by atoms with Crippen LogP contribution in [-0.2, 0) is 4.74 Å². The first-order valence-electron chi connectivity index (χ1n) is 5.83. The molecule has 0 unspecified atom stereocenters. The van der Waals surface area contributed by atoms with Gasteiger partial charge in [-0.25, -0.2) is 0 Å². The fraction of sp³-hybridized carbons (Fsp3) is 0.429. The number of aryl methyl sites for hydroxylation is 1. The molecule has 16 heavy (non-hydrogen) atoms. The Labute approximate surface area is 97.5 Å². The Hall–Kier alpha value is -1.28. The number of hydrogen-bond donors (Lipinski definition) is 0. The second-order valence-electron chi connectivity index (χ2n) is 4.30. The van der Waals surface area contributed by atoms with Crippen molar-refractivity contribution in [3.05, 3.63) is 41.1 Å². The molecule has 2 nitrogen and oxygen atoms in total.